The SMILES string of the molecule is CC1CN(c2cc3c(cc2F)c(=O)c(C(=O)O)cn3-c2ccc(F)cc2F)CCN1.CC1CN(c2cc3c(cc2F)c(=O)c(C(=O)O)cn3-c2ccc(F)cc2F)CCN1. The fourth-order valence-electron chi connectivity index (χ4n) is 7.51. The lowest BCUT2D eigenvalue weighted by atomic mass is 10.1. The number of carboxylic acids is 2. The van der Waals surface area contributed by atoms with E-state index in [1.165, 1.54) is 12.1 Å². The molecule has 4 heterocycles. The molecule has 4 N–H and O–H groups in total. The Kier molecular flexibility index (Phi) is 11.4. The molecule has 2 unspecified atom stereocenters. The van der Waals surface area contributed by atoms with Crippen molar-refractivity contribution in [3.05, 3.63) is 140 Å². The van der Waals surface area contributed by atoms with Crippen molar-refractivity contribution in [3.8, 4) is 11.4 Å². The second-order valence-corrected chi connectivity index (χ2v) is 14.5. The molecule has 2 aliphatic rings. The molecule has 18 heteroatoms. The van der Waals surface area contributed by atoms with Gasteiger partial charge in [-0.25, -0.2) is 35.9 Å². The number of benzene rings is 4. The number of halogens is 6. The summed E-state index contributed by atoms with van der Waals surface area (Å²) in [5.74, 6) is -7.92. The van der Waals surface area contributed by atoms with E-state index in [0.29, 0.717) is 51.4 Å². The molecule has 0 aliphatic carbocycles. The van der Waals surface area contributed by atoms with Gasteiger partial charge in [-0.2, -0.15) is 0 Å². The Hall–Kier alpha value is -6.66. The summed E-state index contributed by atoms with van der Waals surface area (Å²) in [7, 11) is 0. The molecule has 2 aliphatic heterocycles. The summed E-state index contributed by atoms with van der Waals surface area (Å²) >= 11 is 0. The number of hydrogen-bond donors (Lipinski definition) is 4. The molecule has 0 radical (unpaired) electrons. The van der Waals surface area contributed by atoms with Crippen molar-refractivity contribution in [2.24, 2.45) is 0 Å². The Morgan fingerprint density at radius 1 is 0.567 bits per heavy atom. The second kappa shape index (κ2) is 16.5. The molecule has 2 atom stereocenters. The van der Waals surface area contributed by atoms with Crippen LogP contribution in [0.5, 0.6) is 0 Å². The lowest BCUT2D eigenvalue weighted by Crippen LogP contribution is -2.49. The van der Waals surface area contributed by atoms with Crippen LogP contribution in [0, 0.1) is 34.9 Å². The normalized spacial score (nSPS) is 16.8. The fraction of sp³-hybridized carbons (Fsp3) is 0.238. The molecular weight excluding hydrogens is 798 g/mol. The van der Waals surface area contributed by atoms with E-state index >= 15 is 0 Å². The highest BCUT2D eigenvalue weighted by Gasteiger charge is 2.25. The zero-order chi connectivity index (χ0) is 43.2. The van der Waals surface area contributed by atoms with Crippen LogP contribution in [0.25, 0.3) is 33.2 Å². The van der Waals surface area contributed by atoms with Crippen LogP contribution in [0.2, 0.25) is 0 Å². The van der Waals surface area contributed by atoms with Gasteiger partial charge in [-0.1, -0.05) is 0 Å². The van der Waals surface area contributed by atoms with Crippen molar-refractivity contribution in [2.75, 3.05) is 49.1 Å². The first-order valence-corrected chi connectivity index (χ1v) is 18.6. The first-order chi connectivity index (χ1) is 28.5. The van der Waals surface area contributed by atoms with Crippen molar-refractivity contribution in [1.29, 1.82) is 0 Å². The van der Waals surface area contributed by atoms with Crippen molar-refractivity contribution in [3.63, 3.8) is 0 Å². The van der Waals surface area contributed by atoms with Crippen LogP contribution in [-0.2, 0) is 0 Å². The van der Waals surface area contributed by atoms with Crippen LogP contribution in [0.1, 0.15) is 34.6 Å². The third-order valence-corrected chi connectivity index (χ3v) is 10.4. The van der Waals surface area contributed by atoms with Gasteiger partial charge in [0.05, 0.1) is 33.8 Å². The number of piperazine rings is 2. The highest BCUT2D eigenvalue weighted by atomic mass is 19.2. The highest BCUT2D eigenvalue weighted by molar-refractivity contribution is 5.95. The summed E-state index contributed by atoms with van der Waals surface area (Å²) < 4.78 is 87.9. The van der Waals surface area contributed by atoms with E-state index in [0.717, 1.165) is 57.9 Å². The van der Waals surface area contributed by atoms with Gasteiger partial charge in [-0.3, -0.25) is 9.59 Å². The molecule has 0 spiro atoms. The minimum Gasteiger partial charge on any atom is -0.477 e. The van der Waals surface area contributed by atoms with Gasteiger partial charge in [0.1, 0.15) is 46.0 Å². The average Bonchev–Trinajstić information content (AvgIpc) is 3.19. The maximum absolute atomic E-state index is 14.9. The van der Waals surface area contributed by atoms with Crippen LogP contribution >= 0.6 is 0 Å². The number of nitrogens with one attached hydrogen (secondary N) is 2. The van der Waals surface area contributed by atoms with Gasteiger partial charge in [-0.05, 0) is 62.4 Å². The zero-order valence-electron chi connectivity index (χ0n) is 31.9. The van der Waals surface area contributed by atoms with Gasteiger partial charge in [-0.15, -0.1) is 0 Å². The largest absolute Gasteiger partial charge is 0.477 e. The number of pyridine rings is 2. The number of aromatic nitrogens is 2. The molecular formula is C42H36F6N6O6. The third kappa shape index (κ3) is 8.02. The quantitative estimate of drug-likeness (QED) is 0.152. The number of fused-ring (bicyclic) bond motifs is 2. The fourth-order valence-corrected chi connectivity index (χ4v) is 7.51. The summed E-state index contributed by atoms with van der Waals surface area (Å²) in [6.07, 6.45) is 1.96. The maximum Gasteiger partial charge on any atom is 0.341 e. The number of aromatic carboxylic acids is 2. The zero-order valence-corrected chi connectivity index (χ0v) is 31.9. The standard InChI is InChI=1S/2C21H18F3N3O3/c2*1-11-9-26(5-4-25-11)19-8-18-13(7-16(19)24)20(28)14(21(29)30)10-27(18)17-3-2-12(22)6-15(17)23/h2*2-3,6-8,10-11,25H,4-5,9H2,1H3,(H,29,30). The van der Waals surface area contributed by atoms with E-state index in [1.54, 1.807) is 9.80 Å². The smallest absolute Gasteiger partial charge is 0.341 e. The molecule has 312 valence electrons. The van der Waals surface area contributed by atoms with Crippen molar-refractivity contribution in [1.82, 2.24) is 19.8 Å². The summed E-state index contributed by atoms with van der Waals surface area (Å²) in [6.45, 7) is 7.26. The summed E-state index contributed by atoms with van der Waals surface area (Å²) in [4.78, 5) is 52.0. The summed E-state index contributed by atoms with van der Waals surface area (Å²) in [6, 6.07) is 10.6. The molecule has 0 bridgehead atoms. The minimum absolute atomic E-state index is 0.111. The Labute approximate surface area is 336 Å². The Bertz CT molecular complexity index is 2640. The molecule has 12 nitrogen and oxygen atoms in total. The summed E-state index contributed by atoms with van der Waals surface area (Å²) in [5, 5.41) is 24.9. The number of carboxylic acid groups (broad SMARTS) is 2. The van der Waals surface area contributed by atoms with Crippen LogP contribution in [-0.4, -0.2) is 82.6 Å². The molecule has 2 saturated heterocycles. The first kappa shape index (κ1) is 41.5. The molecule has 2 aromatic heterocycles. The van der Waals surface area contributed by atoms with Crippen molar-refractivity contribution >= 4 is 45.1 Å². The van der Waals surface area contributed by atoms with E-state index in [4.69, 9.17) is 0 Å². The van der Waals surface area contributed by atoms with E-state index in [2.05, 4.69) is 10.6 Å². The number of anilines is 2. The van der Waals surface area contributed by atoms with Gasteiger partial charge < -0.3 is 39.8 Å². The van der Waals surface area contributed by atoms with Crippen LogP contribution in [0.3, 0.4) is 0 Å². The molecule has 0 saturated carbocycles. The summed E-state index contributed by atoms with van der Waals surface area (Å²) in [5.41, 5.74) is -2.68. The molecule has 8 rings (SSSR count). The third-order valence-electron chi connectivity index (χ3n) is 10.4. The lowest BCUT2D eigenvalue weighted by Gasteiger charge is -2.34. The van der Waals surface area contributed by atoms with Gasteiger partial charge in [0, 0.05) is 86.7 Å². The number of hydrogen-bond acceptors (Lipinski definition) is 8. The van der Waals surface area contributed by atoms with Crippen molar-refractivity contribution < 1.29 is 46.1 Å². The number of carbonyl (C=O) groups is 2. The van der Waals surface area contributed by atoms with Gasteiger partial charge >= 0.3 is 11.9 Å². The van der Waals surface area contributed by atoms with E-state index in [9.17, 15) is 55.7 Å². The van der Waals surface area contributed by atoms with Gasteiger partial charge in [0.25, 0.3) is 0 Å². The van der Waals surface area contributed by atoms with Gasteiger partial charge in [0.15, 0.2) is 0 Å². The monoisotopic (exact) mass is 834 g/mol. The topological polar surface area (TPSA) is 149 Å². The molecule has 6 aromatic rings. The molecule has 60 heavy (non-hydrogen) atoms. The lowest BCUT2D eigenvalue weighted by molar-refractivity contribution is 0.0684. The molecule has 4 aromatic carbocycles. The molecule has 2 fully saturated rings. The molecule has 0 amide bonds. The van der Waals surface area contributed by atoms with E-state index in [1.807, 2.05) is 13.8 Å². The highest BCUT2D eigenvalue weighted by Crippen LogP contribution is 2.30. The second-order valence-electron chi connectivity index (χ2n) is 14.5. The average molecular weight is 835 g/mol. The Balaban J connectivity index is 0.000000181. The number of nitrogens with zero attached hydrogens (tertiary/aromatic N) is 4. The van der Waals surface area contributed by atoms with E-state index < -0.39 is 68.8 Å². The van der Waals surface area contributed by atoms with E-state index in [-0.39, 0.29) is 56.6 Å². The predicted molar refractivity (Wildman–Crippen MR) is 212 cm³/mol. The Morgan fingerprint density at radius 3 is 1.27 bits per heavy atom. The van der Waals surface area contributed by atoms with Crippen LogP contribution < -0.4 is 31.3 Å². The predicted octanol–water partition coefficient (Wildman–Crippen LogP) is 5.81. The number of rotatable bonds is 6. The minimum atomic E-state index is -1.53. The van der Waals surface area contributed by atoms with Crippen molar-refractivity contribution in [2.45, 2.75) is 25.9 Å². The van der Waals surface area contributed by atoms with Crippen LogP contribution in [0.15, 0.2) is 82.6 Å². The van der Waals surface area contributed by atoms with Crippen LogP contribution in [0.4, 0.5) is 37.7 Å². The van der Waals surface area contributed by atoms with Gasteiger partial charge in [0.2, 0.25) is 10.9 Å². The Morgan fingerprint density at radius 2 is 0.933 bits per heavy atom. The first-order valence-electron chi connectivity index (χ1n) is 18.6. The maximum atomic E-state index is 14.9.